The van der Waals surface area contributed by atoms with E-state index in [2.05, 4.69) is 0 Å². The maximum Gasteiger partial charge on any atom is 0.406 e. The fourth-order valence-corrected chi connectivity index (χ4v) is 1.92. The van der Waals surface area contributed by atoms with Crippen molar-refractivity contribution in [3.8, 4) is 0 Å². The third-order valence-electron chi connectivity index (χ3n) is 2.98. The van der Waals surface area contributed by atoms with Gasteiger partial charge in [0, 0.05) is 6.54 Å². The molecular formula is C9H15F3N2O2. The van der Waals surface area contributed by atoms with Gasteiger partial charge in [-0.1, -0.05) is 0 Å². The van der Waals surface area contributed by atoms with E-state index in [1.54, 1.807) is 0 Å². The molecule has 0 radical (unpaired) electrons. The Kier molecular flexibility index (Phi) is 3.80. The number of rotatable bonds is 4. The maximum atomic E-state index is 12.7. The van der Waals surface area contributed by atoms with Crippen LogP contribution >= 0.6 is 0 Å². The first kappa shape index (κ1) is 13.2. The van der Waals surface area contributed by atoms with Gasteiger partial charge < -0.3 is 15.7 Å². The number of likely N-dealkylation sites (tertiary alicyclic amines) is 1. The summed E-state index contributed by atoms with van der Waals surface area (Å²) in [6, 6.07) is 0. The molecule has 0 spiro atoms. The summed E-state index contributed by atoms with van der Waals surface area (Å²) >= 11 is 0. The molecule has 0 saturated carbocycles. The molecule has 1 heterocycles. The molecule has 1 fully saturated rings. The highest BCUT2D eigenvalue weighted by Crippen LogP contribution is 2.45. The zero-order valence-electron chi connectivity index (χ0n) is 8.76. The standard InChI is InChI=1S/C9H15F3N2O2/c10-9(11,12)8(7(15)16)2-5-14(6-8)4-1-3-13/h1-6,13H2,(H,15,16). The van der Waals surface area contributed by atoms with Gasteiger partial charge in [-0.3, -0.25) is 4.79 Å². The van der Waals surface area contributed by atoms with E-state index in [-0.39, 0.29) is 13.0 Å². The minimum Gasteiger partial charge on any atom is -0.481 e. The Labute approximate surface area is 91.2 Å². The quantitative estimate of drug-likeness (QED) is 0.758. The van der Waals surface area contributed by atoms with Crippen LogP contribution in [0.5, 0.6) is 0 Å². The molecule has 94 valence electrons. The van der Waals surface area contributed by atoms with Crippen molar-refractivity contribution in [1.82, 2.24) is 4.90 Å². The van der Waals surface area contributed by atoms with E-state index in [9.17, 15) is 18.0 Å². The summed E-state index contributed by atoms with van der Waals surface area (Å²) in [5, 5.41) is 8.77. The molecule has 1 saturated heterocycles. The Balaban J connectivity index is 2.74. The number of nitrogens with two attached hydrogens (primary N) is 1. The molecule has 0 aliphatic carbocycles. The second-order valence-electron chi connectivity index (χ2n) is 4.05. The fourth-order valence-electron chi connectivity index (χ4n) is 1.92. The van der Waals surface area contributed by atoms with Gasteiger partial charge >= 0.3 is 12.1 Å². The predicted molar refractivity (Wildman–Crippen MR) is 50.9 cm³/mol. The molecule has 3 N–H and O–H groups in total. The van der Waals surface area contributed by atoms with Crippen LogP contribution in [0.25, 0.3) is 0 Å². The number of carboxylic acids is 1. The number of hydrogen-bond donors (Lipinski definition) is 2. The van der Waals surface area contributed by atoms with Crippen molar-refractivity contribution in [3.63, 3.8) is 0 Å². The largest absolute Gasteiger partial charge is 0.481 e. The third kappa shape index (κ3) is 2.30. The van der Waals surface area contributed by atoms with Gasteiger partial charge in [0.25, 0.3) is 0 Å². The van der Waals surface area contributed by atoms with Crippen LogP contribution in [-0.2, 0) is 4.79 Å². The lowest BCUT2D eigenvalue weighted by Crippen LogP contribution is -2.47. The normalized spacial score (nSPS) is 27.2. The van der Waals surface area contributed by atoms with Crippen molar-refractivity contribution in [3.05, 3.63) is 0 Å². The number of carbonyl (C=O) groups is 1. The lowest BCUT2D eigenvalue weighted by molar-refractivity contribution is -0.227. The molecule has 0 aromatic carbocycles. The van der Waals surface area contributed by atoms with Crippen LogP contribution in [0.1, 0.15) is 12.8 Å². The fraction of sp³-hybridized carbons (Fsp3) is 0.889. The van der Waals surface area contributed by atoms with Gasteiger partial charge in [-0.15, -0.1) is 0 Å². The van der Waals surface area contributed by atoms with Crippen LogP contribution in [0.4, 0.5) is 13.2 Å². The Hall–Kier alpha value is -0.820. The van der Waals surface area contributed by atoms with Crippen molar-refractivity contribution in [1.29, 1.82) is 0 Å². The summed E-state index contributed by atoms with van der Waals surface area (Å²) in [6.45, 7) is 0.502. The predicted octanol–water partition coefficient (Wildman–Crippen LogP) is 0.674. The van der Waals surface area contributed by atoms with Crippen LogP contribution in [0.15, 0.2) is 0 Å². The van der Waals surface area contributed by atoms with Crippen LogP contribution in [0.3, 0.4) is 0 Å². The van der Waals surface area contributed by atoms with Gasteiger partial charge in [0.1, 0.15) is 0 Å². The number of carboxylic acid groups (broad SMARTS) is 1. The minimum atomic E-state index is -4.70. The Bertz CT molecular complexity index is 270. The smallest absolute Gasteiger partial charge is 0.406 e. The minimum absolute atomic E-state index is 0.159. The SMILES string of the molecule is NCCCN1CCC(C(=O)O)(C(F)(F)F)C1. The van der Waals surface area contributed by atoms with Crippen molar-refractivity contribution in [2.75, 3.05) is 26.2 Å². The number of alkyl halides is 3. The van der Waals surface area contributed by atoms with Gasteiger partial charge in [0.15, 0.2) is 5.41 Å². The summed E-state index contributed by atoms with van der Waals surface area (Å²) in [4.78, 5) is 12.3. The molecule has 1 atom stereocenters. The van der Waals surface area contributed by atoms with Crippen LogP contribution < -0.4 is 5.73 Å². The second-order valence-corrected chi connectivity index (χ2v) is 4.05. The van der Waals surface area contributed by atoms with Crippen LogP contribution in [0, 0.1) is 5.41 Å². The molecule has 16 heavy (non-hydrogen) atoms. The van der Waals surface area contributed by atoms with Crippen LogP contribution in [-0.4, -0.2) is 48.3 Å². The van der Waals surface area contributed by atoms with E-state index in [1.807, 2.05) is 0 Å². The molecule has 1 aliphatic heterocycles. The highest BCUT2D eigenvalue weighted by atomic mass is 19.4. The molecule has 0 aromatic heterocycles. The second kappa shape index (κ2) is 4.58. The zero-order chi connectivity index (χ0) is 12.4. The summed E-state index contributed by atoms with van der Waals surface area (Å²) in [5.74, 6) is -1.78. The third-order valence-corrected chi connectivity index (χ3v) is 2.98. The van der Waals surface area contributed by atoms with Gasteiger partial charge in [0.05, 0.1) is 0 Å². The number of halogens is 3. The Morgan fingerprint density at radius 1 is 1.50 bits per heavy atom. The van der Waals surface area contributed by atoms with E-state index in [0.29, 0.717) is 19.5 Å². The van der Waals surface area contributed by atoms with Gasteiger partial charge in [-0.25, -0.2) is 0 Å². The molecule has 1 rings (SSSR count). The monoisotopic (exact) mass is 240 g/mol. The highest BCUT2D eigenvalue weighted by molar-refractivity contribution is 5.76. The van der Waals surface area contributed by atoms with E-state index in [1.165, 1.54) is 4.90 Å². The first-order chi connectivity index (χ1) is 7.33. The number of hydrogen-bond acceptors (Lipinski definition) is 3. The Morgan fingerprint density at radius 2 is 2.12 bits per heavy atom. The van der Waals surface area contributed by atoms with Crippen LogP contribution in [0.2, 0.25) is 0 Å². The van der Waals surface area contributed by atoms with E-state index in [4.69, 9.17) is 10.8 Å². The van der Waals surface area contributed by atoms with Crippen molar-refractivity contribution in [2.24, 2.45) is 11.1 Å². The van der Waals surface area contributed by atoms with Crippen molar-refractivity contribution >= 4 is 5.97 Å². The molecule has 0 amide bonds. The van der Waals surface area contributed by atoms with Gasteiger partial charge in [-0.05, 0) is 32.5 Å². The lowest BCUT2D eigenvalue weighted by Gasteiger charge is -2.27. The average molecular weight is 240 g/mol. The molecular weight excluding hydrogens is 225 g/mol. The maximum absolute atomic E-state index is 12.7. The topological polar surface area (TPSA) is 66.6 Å². The van der Waals surface area contributed by atoms with Crippen molar-refractivity contribution < 1.29 is 23.1 Å². The molecule has 0 aromatic rings. The molecule has 1 unspecified atom stereocenters. The summed E-state index contributed by atoms with van der Waals surface area (Å²) < 4.78 is 38.2. The highest BCUT2D eigenvalue weighted by Gasteiger charge is 2.63. The summed E-state index contributed by atoms with van der Waals surface area (Å²) in [6.07, 6.45) is -4.50. The summed E-state index contributed by atoms with van der Waals surface area (Å²) in [5.41, 5.74) is 2.66. The molecule has 7 heteroatoms. The number of nitrogens with zero attached hydrogens (tertiary/aromatic N) is 1. The van der Waals surface area contributed by atoms with E-state index >= 15 is 0 Å². The van der Waals surface area contributed by atoms with Gasteiger partial charge in [-0.2, -0.15) is 13.2 Å². The van der Waals surface area contributed by atoms with Crippen molar-refractivity contribution in [2.45, 2.75) is 19.0 Å². The van der Waals surface area contributed by atoms with Gasteiger partial charge in [0.2, 0.25) is 0 Å². The van der Waals surface area contributed by atoms with E-state index in [0.717, 1.165) is 0 Å². The average Bonchev–Trinajstić information content (AvgIpc) is 2.58. The summed E-state index contributed by atoms with van der Waals surface area (Å²) in [7, 11) is 0. The first-order valence-corrected chi connectivity index (χ1v) is 5.06. The molecule has 4 nitrogen and oxygen atoms in total. The molecule has 0 bridgehead atoms. The first-order valence-electron chi connectivity index (χ1n) is 5.06. The Morgan fingerprint density at radius 3 is 2.50 bits per heavy atom. The van der Waals surface area contributed by atoms with E-state index < -0.39 is 24.1 Å². The molecule has 1 aliphatic rings. The zero-order valence-corrected chi connectivity index (χ0v) is 8.76. The lowest BCUT2D eigenvalue weighted by atomic mass is 9.86. The number of aliphatic carboxylic acids is 1.